The molecule has 2 rings (SSSR count). The third kappa shape index (κ3) is 4.78. The number of para-hydroxylation sites is 1. The van der Waals surface area contributed by atoms with Crippen molar-refractivity contribution in [2.75, 3.05) is 26.4 Å². The summed E-state index contributed by atoms with van der Waals surface area (Å²) >= 11 is 0. The van der Waals surface area contributed by atoms with Crippen LogP contribution in [0.25, 0.3) is 0 Å². The van der Waals surface area contributed by atoms with Crippen LogP contribution in [0.1, 0.15) is 29.6 Å². The highest BCUT2D eigenvalue weighted by Gasteiger charge is 2.18. The normalized spacial score (nSPS) is 17.4. The zero-order chi connectivity index (χ0) is 15.8. The second-order valence-electron chi connectivity index (χ2n) is 5.09. The van der Waals surface area contributed by atoms with E-state index in [9.17, 15) is 14.9 Å². The van der Waals surface area contributed by atoms with Gasteiger partial charge in [0.1, 0.15) is 5.56 Å². The van der Waals surface area contributed by atoms with Crippen molar-refractivity contribution in [1.82, 2.24) is 5.32 Å². The van der Waals surface area contributed by atoms with E-state index in [0.717, 1.165) is 19.4 Å². The fourth-order valence-electron chi connectivity index (χ4n) is 2.29. The van der Waals surface area contributed by atoms with Crippen LogP contribution in [0.15, 0.2) is 24.3 Å². The van der Waals surface area contributed by atoms with Gasteiger partial charge in [0, 0.05) is 25.8 Å². The van der Waals surface area contributed by atoms with Gasteiger partial charge in [0.15, 0.2) is 0 Å². The summed E-state index contributed by atoms with van der Waals surface area (Å²) in [5.74, 6) is -0.438. The molecule has 120 valence electrons. The molecule has 7 heteroatoms. The van der Waals surface area contributed by atoms with E-state index in [2.05, 4.69) is 5.32 Å². The van der Waals surface area contributed by atoms with Crippen molar-refractivity contribution in [2.45, 2.75) is 25.4 Å². The number of carbonyl (C=O) groups excluding carboxylic acids is 1. The monoisotopic (exact) mass is 308 g/mol. The van der Waals surface area contributed by atoms with Crippen LogP contribution in [0, 0.1) is 10.1 Å². The first kappa shape index (κ1) is 16.4. The minimum Gasteiger partial charge on any atom is -0.379 e. The molecule has 0 spiro atoms. The van der Waals surface area contributed by atoms with Crippen LogP contribution >= 0.6 is 0 Å². The average Bonchev–Trinajstić information content (AvgIpc) is 3.03. The fraction of sp³-hybridized carbons (Fsp3) is 0.533. The van der Waals surface area contributed by atoms with Crippen LogP contribution in [0.3, 0.4) is 0 Å². The molecular weight excluding hydrogens is 288 g/mol. The number of amides is 1. The second-order valence-corrected chi connectivity index (χ2v) is 5.09. The van der Waals surface area contributed by atoms with Crippen molar-refractivity contribution in [1.29, 1.82) is 0 Å². The molecule has 1 aromatic carbocycles. The molecule has 1 atom stereocenters. The molecule has 1 N–H and O–H groups in total. The SMILES string of the molecule is O=C(NCCCOCC1CCCO1)c1ccccc1[N+](=O)[O-]. The number of hydrogen-bond acceptors (Lipinski definition) is 5. The van der Waals surface area contributed by atoms with Gasteiger partial charge in [0.25, 0.3) is 11.6 Å². The maximum atomic E-state index is 11.9. The van der Waals surface area contributed by atoms with Gasteiger partial charge in [-0.15, -0.1) is 0 Å². The van der Waals surface area contributed by atoms with Crippen molar-refractivity contribution in [3.05, 3.63) is 39.9 Å². The van der Waals surface area contributed by atoms with Gasteiger partial charge < -0.3 is 14.8 Å². The minimum absolute atomic E-state index is 0.0766. The van der Waals surface area contributed by atoms with Crippen LogP contribution in [0.5, 0.6) is 0 Å². The van der Waals surface area contributed by atoms with Gasteiger partial charge in [-0.05, 0) is 25.3 Å². The summed E-state index contributed by atoms with van der Waals surface area (Å²) in [7, 11) is 0. The summed E-state index contributed by atoms with van der Waals surface area (Å²) in [6, 6.07) is 5.90. The highest BCUT2D eigenvalue weighted by Crippen LogP contribution is 2.17. The summed E-state index contributed by atoms with van der Waals surface area (Å²) in [5, 5.41) is 13.5. The van der Waals surface area contributed by atoms with Crippen LogP contribution in [0.4, 0.5) is 5.69 Å². The minimum atomic E-state index is -0.556. The Bertz CT molecular complexity index is 514. The number of nitrogens with one attached hydrogen (secondary N) is 1. The topological polar surface area (TPSA) is 90.7 Å². The number of rotatable bonds is 8. The number of benzene rings is 1. The van der Waals surface area contributed by atoms with Crippen molar-refractivity contribution in [3.63, 3.8) is 0 Å². The molecular formula is C15H20N2O5. The molecule has 1 aliphatic heterocycles. The first-order valence-corrected chi connectivity index (χ1v) is 7.39. The molecule has 0 aliphatic carbocycles. The van der Waals surface area contributed by atoms with Gasteiger partial charge in [0.2, 0.25) is 0 Å². The Hall–Kier alpha value is -1.99. The van der Waals surface area contributed by atoms with E-state index < -0.39 is 10.8 Å². The van der Waals surface area contributed by atoms with E-state index in [1.807, 2.05) is 0 Å². The molecule has 1 amide bonds. The third-order valence-electron chi connectivity index (χ3n) is 3.42. The largest absolute Gasteiger partial charge is 0.379 e. The highest BCUT2D eigenvalue weighted by atomic mass is 16.6. The Morgan fingerprint density at radius 3 is 3.00 bits per heavy atom. The number of nitrogens with zero attached hydrogens (tertiary/aromatic N) is 1. The molecule has 1 aromatic rings. The Morgan fingerprint density at radius 2 is 2.27 bits per heavy atom. The number of hydrogen-bond donors (Lipinski definition) is 1. The van der Waals surface area contributed by atoms with E-state index in [1.165, 1.54) is 18.2 Å². The van der Waals surface area contributed by atoms with E-state index in [-0.39, 0.29) is 17.4 Å². The van der Waals surface area contributed by atoms with Crippen molar-refractivity contribution >= 4 is 11.6 Å². The number of nitro benzene ring substituents is 1. The predicted octanol–water partition coefficient (Wildman–Crippen LogP) is 1.91. The fourth-order valence-corrected chi connectivity index (χ4v) is 2.29. The molecule has 0 radical (unpaired) electrons. The van der Waals surface area contributed by atoms with Crippen molar-refractivity contribution in [3.8, 4) is 0 Å². The zero-order valence-corrected chi connectivity index (χ0v) is 12.3. The first-order valence-electron chi connectivity index (χ1n) is 7.39. The number of nitro groups is 1. The maximum absolute atomic E-state index is 11.9. The molecule has 1 fully saturated rings. The van der Waals surface area contributed by atoms with Gasteiger partial charge in [0.05, 0.1) is 17.6 Å². The molecule has 0 saturated carbocycles. The Morgan fingerprint density at radius 1 is 1.45 bits per heavy atom. The average molecular weight is 308 g/mol. The van der Waals surface area contributed by atoms with Crippen LogP contribution in [-0.4, -0.2) is 43.3 Å². The number of carbonyl (C=O) groups is 1. The van der Waals surface area contributed by atoms with Gasteiger partial charge in [-0.1, -0.05) is 12.1 Å². The van der Waals surface area contributed by atoms with Gasteiger partial charge in [-0.2, -0.15) is 0 Å². The molecule has 0 bridgehead atoms. The van der Waals surface area contributed by atoms with Gasteiger partial charge in [-0.25, -0.2) is 0 Å². The maximum Gasteiger partial charge on any atom is 0.282 e. The van der Waals surface area contributed by atoms with E-state index >= 15 is 0 Å². The lowest BCUT2D eigenvalue weighted by molar-refractivity contribution is -0.385. The summed E-state index contributed by atoms with van der Waals surface area (Å²) in [4.78, 5) is 22.2. The molecule has 1 heterocycles. The lowest BCUT2D eigenvalue weighted by Gasteiger charge is -2.10. The van der Waals surface area contributed by atoms with Crippen molar-refractivity contribution in [2.24, 2.45) is 0 Å². The molecule has 7 nitrogen and oxygen atoms in total. The number of ether oxygens (including phenoxy) is 2. The summed E-state index contributed by atoms with van der Waals surface area (Å²) in [6.07, 6.45) is 2.97. The Balaban J connectivity index is 1.66. The van der Waals surface area contributed by atoms with Crippen LogP contribution in [-0.2, 0) is 9.47 Å². The van der Waals surface area contributed by atoms with Gasteiger partial charge in [-0.3, -0.25) is 14.9 Å². The summed E-state index contributed by atoms with van der Waals surface area (Å²) < 4.78 is 10.9. The molecule has 1 aliphatic rings. The second kappa shape index (κ2) is 8.45. The lowest BCUT2D eigenvalue weighted by Crippen LogP contribution is -2.26. The zero-order valence-electron chi connectivity index (χ0n) is 12.3. The smallest absolute Gasteiger partial charge is 0.282 e. The molecule has 0 aromatic heterocycles. The summed E-state index contributed by atoms with van der Waals surface area (Å²) in [5.41, 5.74) is -0.109. The lowest BCUT2D eigenvalue weighted by atomic mass is 10.1. The first-order chi connectivity index (χ1) is 10.7. The highest BCUT2D eigenvalue weighted by molar-refractivity contribution is 5.98. The van der Waals surface area contributed by atoms with Crippen LogP contribution < -0.4 is 5.32 Å². The predicted molar refractivity (Wildman–Crippen MR) is 79.8 cm³/mol. The van der Waals surface area contributed by atoms with E-state index in [0.29, 0.717) is 26.2 Å². The van der Waals surface area contributed by atoms with Crippen LogP contribution in [0.2, 0.25) is 0 Å². The Labute approximate surface area is 128 Å². The third-order valence-corrected chi connectivity index (χ3v) is 3.42. The van der Waals surface area contributed by atoms with Gasteiger partial charge >= 0.3 is 0 Å². The molecule has 1 unspecified atom stereocenters. The standard InChI is InChI=1S/C15H20N2O5/c18-15(13-6-1-2-7-14(13)17(19)20)16-8-4-9-21-11-12-5-3-10-22-12/h1-2,6-7,12H,3-5,8-11H2,(H,16,18). The molecule has 1 saturated heterocycles. The van der Waals surface area contributed by atoms with E-state index in [4.69, 9.17) is 9.47 Å². The van der Waals surface area contributed by atoms with Crippen molar-refractivity contribution < 1.29 is 19.2 Å². The summed E-state index contributed by atoms with van der Waals surface area (Å²) in [6.45, 7) is 2.32. The quantitative estimate of drug-likeness (QED) is 0.450. The van der Waals surface area contributed by atoms with E-state index in [1.54, 1.807) is 6.07 Å². The molecule has 22 heavy (non-hydrogen) atoms. The Kier molecular flexibility index (Phi) is 6.29.